The summed E-state index contributed by atoms with van der Waals surface area (Å²) < 4.78 is 5.88. The highest BCUT2D eigenvalue weighted by atomic mass is 16.5. The van der Waals surface area contributed by atoms with Crippen LogP contribution in [0.2, 0.25) is 0 Å². The van der Waals surface area contributed by atoms with Gasteiger partial charge >= 0.3 is 0 Å². The van der Waals surface area contributed by atoms with Gasteiger partial charge in [0.15, 0.2) is 0 Å². The molecule has 0 bridgehead atoms. The third-order valence-corrected chi connectivity index (χ3v) is 4.11. The Bertz CT molecular complexity index is 400. The quantitative estimate of drug-likeness (QED) is 0.898. The SMILES string of the molecule is CCCN1CCOC(C(N)c2ccc(C(C)C)cc2)C1. The molecular weight excluding hydrogens is 248 g/mol. The van der Waals surface area contributed by atoms with Crippen LogP contribution in [0.5, 0.6) is 0 Å². The van der Waals surface area contributed by atoms with E-state index in [1.807, 2.05) is 0 Å². The van der Waals surface area contributed by atoms with E-state index in [-0.39, 0.29) is 12.1 Å². The van der Waals surface area contributed by atoms with Crippen LogP contribution in [0.3, 0.4) is 0 Å². The maximum atomic E-state index is 6.40. The fourth-order valence-electron chi connectivity index (χ4n) is 2.79. The summed E-state index contributed by atoms with van der Waals surface area (Å²) in [6.07, 6.45) is 1.30. The van der Waals surface area contributed by atoms with Crippen molar-refractivity contribution in [3.63, 3.8) is 0 Å². The molecule has 3 heteroatoms. The second kappa shape index (κ2) is 7.21. The lowest BCUT2D eigenvalue weighted by atomic mass is 9.96. The average Bonchev–Trinajstić information content (AvgIpc) is 2.47. The monoisotopic (exact) mass is 276 g/mol. The zero-order valence-electron chi connectivity index (χ0n) is 13.0. The standard InChI is InChI=1S/C17H28N2O/c1-4-9-19-10-11-20-16(12-19)17(18)15-7-5-14(6-8-15)13(2)3/h5-8,13,16-17H,4,9-12,18H2,1-3H3. The lowest BCUT2D eigenvalue weighted by molar-refractivity contribution is -0.0407. The first-order valence-corrected chi connectivity index (χ1v) is 7.81. The number of nitrogens with two attached hydrogens (primary N) is 1. The second-order valence-corrected chi connectivity index (χ2v) is 6.06. The molecule has 2 rings (SSSR count). The van der Waals surface area contributed by atoms with E-state index in [0.29, 0.717) is 5.92 Å². The van der Waals surface area contributed by atoms with Gasteiger partial charge in [-0.3, -0.25) is 4.90 Å². The van der Waals surface area contributed by atoms with Crippen molar-refractivity contribution in [3.05, 3.63) is 35.4 Å². The Morgan fingerprint density at radius 2 is 1.90 bits per heavy atom. The van der Waals surface area contributed by atoms with Gasteiger partial charge in [-0.15, -0.1) is 0 Å². The van der Waals surface area contributed by atoms with Gasteiger partial charge in [0.2, 0.25) is 0 Å². The number of ether oxygens (including phenoxy) is 1. The van der Waals surface area contributed by atoms with E-state index in [0.717, 1.165) is 26.2 Å². The van der Waals surface area contributed by atoms with Crippen LogP contribution in [0.4, 0.5) is 0 Å². The number of rotatable bonds is 5. The topological polar surface area (TPSA) is 38.5 Å². The van der Waals surface area contributed by atoms with E-state index in [2.05, 4.69) is 49.9 Å². The van der Waals surface area contributed by atoms with Gasteiger partial charge in [0.1, 0.15) is 0 Å². The Labute approximate surface area is 123 Å². The molecule has 1 saturated heterocycles. The summed E-state index contributed by atoms with van der Waals surface area (Å²) in [6, 6.07) is 8.65. The number of hydrogen-bond acceptors (Lipinski definition) is 3. The Balaban J connectivity index is 2.00. The van der Waals surface area contributed by atoms with E-state index < -0.39 is 0 Å². The average molecular weight is 276 g/mol. The first-order valence-electron chi connectivity index (χ1n) is 7.81. The minimum atomic E-state index is -0.0316. The highest BCUT2D eigenvalue weighted by Crippen LogP contribution is 2.22. The molecule has 1 aliphatic rings. The van der Waals surface area contributed by atoms with Crippen LogP contribution >= 0.6 is 0 Å². The Kier molecular flexibility index (Phi) is 5.58. The molecule has 0 aliphatic carbocycles. The number of nitrogens with zero attached hydrogens (tertiary/aromatic N) is 1. The number of hydrogen-bond donors (Lipinski definition) is 1. The minimum absolute atomic E-state index is 0.0316. The Morgan fingerprint density at radius 3 is 2.50 bits per heavy atom. The summed E-state index contributed by atoms with van der Waals surface area (Å²) >= 11 is 0. The summed E-state index contributed by atoms with van der Waals surface area (Å²) in [6.45, 7) is 10.5. The van der Waals surface area contributed by atoms with Gasteiger partial charge in [0, 0.05) is 13.1 Å². The van der Waals surface area contributed by atoms with Crippen molar-refractivity contribution in [2.45, 2.75) is 45.3 Å². The minimum Gasteiger partial charge on any atom is -0.374 e. The van der Waals surface area contributed by atoms with Crippen LogP contribution in [0.15, 0.2) is 24.3 Å². The molecule has 0 radical (unpaired) electrons. The van der Waals surface area contributed by atoms with Crippen LogP contribution in [-0.2, 0) is 4.74 Å². The van der Waals surface area contributed by atoms with E-state index >= 15 is 0 Å². The largest absolute Gasteiger partial charge is 0.374 e. The molecule has 2 N–H and O–H groups in total. The normalized spacial score (nSPS) is 22.1. The smallest absolute Gasteiger partial charge is 0.0894 e. The molecule has 112 valence electrons. The lowest BCUT2D eigenvalue weighted by Gasteiger charge is -2.35. The molecule has 2 unspecified atom stereocenters. The maximum Gasteiger partial charge on any atom is 0.0894 e. The Morgan fingerprint density at radius 1 is 1.25 bits per heavy atom. The molecule has 1 aromatic carbocycles. The van der Waals surface area contributed by atoms with Crippen molar-refractivity contribution in [3.8, 4) is 0 Å². The molecule has 1 aromatic rings. The van der Waals surface area contributed by atoms with Gasteiger partial charge in [-0.25, -0.2) is 0 Å². The van der Waals surface area contributed by atoms with Gasteiger partial charge in [0.05, 0.1) is 18.8 Å². The van der Waals surface area contributed by atoms with Crippen molar-refractivity contribution >= 4 is 0 Å². The predicted molar refractivity (Wildman–Crippen MR) is 83.9 cm³/mol. The van der Waals surface area contributed by atoms with Crippen molar-refractivity contribution in [2.75, 3.05) is 26.2 Å². The van der Waals surface area contributed by atoms with Gasteiger partial charge < -0.3 is 10.5 Å². The summed E-state index contributed by atoms with van der Waals surface area (Å²) in [4.78, 5) is 2.45. The molecule has 0 aromatic heterocycles. The lowest BCUT2D eigenvalue weighted by Crippen LogP contribution is -2.47. The van der Waals surface area contributed by atoms with Crippen LogP contribution in [0, 0.1) is 0 Å². The van der Waals surface area contributed by atoms with E-state index in [1.54, 1.807) is 0 Å². The molecule has 1 fully saturated rings. The van der Waals surface area contributed by atoms with Crippen LogP contribution in [0.25, 0.3) is 0 Å². The van der Waals surface area contributed by atoms with Gasteiger partial charge in [-0.05, 0) is 30.0 Å². The number of benzene rings is 1. The van der Waals surface area contributed by atoms with E-state index in [9.17, 15) is 0 Å². The van der Waals surface area contributed by atoms with Crippen molar-refractivity contribution in [1.82, 2.24) is 4.90 Å². The van der Waals surface area contributed by atoms with Crippen molar-refractivity contribution < 1.29 is 4.74 Å². The van der Waals surface area contributed by atoms with E-state index in [4.69, 9.17) is 10.5 Å². The third kappa shape index (κ3) is 3.81. The van der Waals surface area contributed by atoms with Crippen LogP contribution < -0.4 is 5.73 Å². The van der Waals surface area contributed by atoms with Crippen molar-refractivity contribution in [2.24, 2.45) is 5.73 Å². The molecule has 0 amide bonds. The molecule has 1 aliphatic heterocycles. The molecular formula is C17H28N2O. The molecule has 0 saturated carbocycles. The zero-order chi connectivity index (χ0) is 14.5. The molecule has 0 spiro atoms. The van der Waals surface area contributed by atoms with Crippen LogP contribution in [-0.4, -0.2) is 37.2 Å². The summed E-state index contributed by atoms with van der Waals surface area (Å²) in [5.74, 6) is 0.561. The highest BCUT2D eigenvalue weighted by Gasteiger charge is 2.26. The zero-order valence-corrected chi connectivity index (χ0v) is 13.0. The highest BCUT2D eigenvalue weighted by molar-refractivity contribution is 5.27. The number of morpholine rings is 1. The van der Waals surface area contributed by atoms with Crippen LogP contribution in [0.1, 0.15) is 50.3 Å². The van der Waals surface area contributed by atoms with Gasteiger partial charge in [-0.2, -0.15) is 0 Å². The fraction of sp³-hybridized carbons (Fsp3) is 0.647. The van der Waals surface area contributed by atoms with Gasteiger partial charge in [0.25, 0.3) is 0 Å². The molecule has 2 atom stereocenters. The fourth-order valence-corrected chi connectivity index (χ4v) is 2.79. The first kappa shape index (κ1) is 15.5. The predicted octanol–water partition coefficient (Wildman–Crippen LogP) is 2.92. The van der Waals surface area contributed by atoms with E-state index in [1.165, 1.54) is 17.5 Å². The second-order valence-electron chi connectivity index (χ2n) is 6.06. The molecule has 20 heavy (non-hydrogen) atoms. The first-order chi connectivity index (χ1) is 9.61. The van der Waals surface area contributed by atoms with Gasteiger partial charge in [-0.1, -0.05) is 45.0 Å². The van der Waals surface area contributed by atoms with Crippen molar-refractivity contribution in [1.29, 1.82) is 0 Å². The maximum absolute atomic E-state index is 6.40. The summed E-state index contributed by atoms with van der Waals surface area (Å²) in [5, 5.41) is 0. The summed E-state index contributed by atoms with van der Waals surface area (Å²) in [7, 11) is 0. The summed E-state index contributed by atoms with van der Waals surface area (Å²) in [5.41, 5.74) is 8.94. The molecule has 3 nitrogen and oxygen atoms in total. The molecule has 1 heterocycles. The third-order valence-electron chi connectivity index (χ3n) is 4.11. The Hall–Kier alpha value is -0.900.